The molecule has 2 aromatic carbocycles. The normalized spacial score (nSPS) is 16.5. The molecule has 0 fully saturated rings. The number of halogens is 2. The van der Waals surface area contributed by atoms with E-state index in [0.29, 0.717) is 18.0 Å². The fourth-order valence-corrected chi connectivity index (χ4v) is 6.89. The summed E-state index contributed by atoms with van der Waals surface area (Å²) in [7, 11) is -3.94. The van der Waals surface area contributed by atoms with E-state index in [-0.39, 0.29) is 42.2 Å². The van der Waals surface area contributed by atoms with Gasteiger partial charge in [-0.15, -0.1) is 11.3 Å². The summed E-state index contributed by atoms with van der Waals surface area (Å²) in [6.45, 7) is 4.34. The molecule has 1 aliphatic heterocycles. The summed E-state index contributed by atoms with van der Waals surface area (Å²) in [6, 6.07) is 13.6. The third-order valence-corrected chi connectivity index (χ3v) is 9.70. The van der Waals surface area contributed by atoms with E-state index in [9.17, 15) is 17.6 Å². The number of fused-ring (bicyclic) bond motifs is 1. The fourth-order valence-electron chi connectivity index (χ4n) is 4.33. The Bertz CT molecular complexity index is 1330. The van der Waals surface area contributed by atoms with Gasteiger partial charge >= 0.3 is 0 Å². The Morgan fingerprint density at radius 1 is 1.22 bits per heavy atom. The van der Waals surface area contributed by atoms with Crippen molar-refractivity contribution in [1.82, 2.24) is 9.21 Å². The minimum absolute atomic E-state index is 0.0555. The van der Waals surface area contributed by atoms with Gasteiger partial charge in [-0.1, -0.05) is 44.0 Å². The highest BCUT2D eigenvalue weighted by Gasteiger charge is 2.35. The molecule has 3 aromatic rings. The standard InChI is InChI=1S/C27H30ClFN2O4S2/c1-3-19(2)16-30(37(33,34)21-10-8-20(28)9-11-21)17-27(32)31-14-12-26-22(13-15-36-26)24(31)18-35-25-7-5-4-6-23(25)29/h4-11,13,15,19,24H,3,12,14,16-18H2,1-2H3/t19-,24-/m1/s1. The van der Waals surface area contributed by atoms with Gasteiger partial charge < -0.3 is 9.64 Å². The maximum Gasteiger partial charge on any atom is 0.243 e. The third-order valence-electron chi connectivity index (χ3n) is 6.62. The number of hydrogen-bond acceptors (Lipinski definition) is 5. The lowest BCUT2D eigenvalue weighted by atomic mass is 10.0. The summed E-state index contributed by atoms with van der Waals surface area (Å²) in [5, 5.41) is 2.40. The molecule has 1 aliphatic rings. The maximum absolute atomic E-state index is 14.2. The molecule has 2 heterocycles. The van der Waals surface area contributed by atoms with Gasteiger partial charge in [0.05, 0.1) is 17.5 Å². The van der Waals surface area contributed by atoms with E-state index in [2.05, 4.69) is 0 Å². The number of carbonyl (C=O) groups is 1. The first-order chi connectivity index (χ1) is 17.7. The van der Waals surface area contributed by atoms with E-state index in [1.807, 2.05) is 25.3 Å². The predicted molar refractivity (Wildman–Crippen MR) is 144 cm³/mol. The number of sulfonamides is 1. The number of amides is 1. The number of carbonyl (C=O) groups excluding carboxylic acids is 1. The zero-order valence-electron chi connectivity index (χ0n) is 20.8. The molecule has 0 spiro atoms. The smallest absolute Gasteiger partial charge is 0.243 e. The predicted octanol–water partition coefficient (Wildman–Crippen LogP) is 5.78. The number of thiophene rings is 1. The number of para-hydroxylation sites is 1. The molecule has 2 atom stereocenters. The second kappa shape index (κ2) is 11.9. The van der Waals surface area contributed by atoms with Gasteiger partial charge in [-0.25, -0.2) is 12.8 Å². The van der Waals surface area contributed by atoms with Crippen LogP contribution in [-0.2, 0) is 21.2 Å². The first-order valence-corrected chi connectivity index (χ1v) is 14.9. The molecule has 0 saturated heterocycles. The molecular formula is C27H30ClFN2O4S2. The van der Waals surface area contributed by atoms with Crippen molar-refractivity contribution < 1.29 is 22.3 Å². The van der Waals surface area contributed by atoms with E-state index < -0.39 is 21.9 Å². The first-order valence-electron chi connectivity index (χ1n) is 12.2. The SMILES string of the molecule is CC[C@@H](C)CN(CC(=O)N1CCc2sccc2[C@H]1COc1ccccc1F)S(=O)(=O)c1ccc(Cl)cc1. The van der Waals surface area contributed by atoms with Crippen LogP contribution in [0, 0.1) is 11.7 Å². The van der Waals surface area contributed by atoms with Gasteiger partial charge in [0.15, 0.2) is 11.6 Å². The quantitative estimate of drug-likeness (QED) is 0.313. The van der Waals surface area contributed by atoms with Gasteiger partial charge in [-0.3, -0.25) is 4.79 Å². The fraction of sp³-hybridized carbons (Fsp3) is 0.370. The van der Waals surface area contributed by atoms with Crippen LogP contribution in [-0.4, -0.2) is 49.8 Å². The highest BCUT2D eigenvalue weighted by Crippen LogP contribution is 2.34. The summed E-state index contributed by atoms with van der Waals surface area (Å²) >= 11 is 7.57. The summed E-state index contributed by atoms with van der Waals surface area (Å²) < 4.78 is 48.4. The van der Waals surface area contributed by atoms with Crippen molar-refractivity contribution in [3.63, 3.8) is 0 Å². The summed E-state index contributed by atoms with van der Waals surface area (Å²) in [4.78, 5) is 16.6. The zero-order chi connectivity index (χ0) is 26.6. The van der Waals surface area contributed by atoms with Crippen molar-refractivity contribution in [2.45, 2.75) is 37.6 Å². The lowest BCUT2D eigenvalue weighted by molar-refractivity contribution is -0.135. The molecule has 0 unspecified atom stereocenters. The van der Waals surface area contributed by atoms with Crippen LogP contribution in [0.5, 0.6) is 5.75 Å². The van der Waals surface area contributed by atoms with Gasteiger partial charge in [0.25, 0.3) is 0 Å². The molecule has 0 saturated carbocycles. The topological polar surface area (TPSA) is 66.9 Å². The second-order valence-electron chi connectivity index (χ2n) is 9.16. The van der Waals surface area contributed by atoms with E-state index in [4.69, 9.17) is 16.3 Å². The molecule has 1 amide bonds. The van der Waals surface area contributed by atoms with Crippen molar-refractivity contribution in [2.75, 3.05) is 26.2 Å². The molecule has 0 radical (unpaired) electrons. The molecular weight excluding hydrogens is 535 g/mol. The molecule has 0 aliphatic carbocycles. The zero-order valence-corrected chi connectivity index (χ0v) is 23.2. The average Bonchev–Trinajstić information content (AvgIpc) is 3.37. The highest BCUT2D eigenvalue weighted by atomic mass is 35.5. The molecule has 0 bridgehead atoms. The number of hydrogen-bond donors (Lipinski definition) is 0. The van der Waals surface area contributed by atoms with Gasteiger partial charge in [0, 0.05) is 23.0 Å². The van der Waals surface area contributed by atoms with Gasteiger partial charge in [-0.2, -0.15) is 4.31 Å². The van der Waals surface area contributed by atoms with Crippen molar-refractivity contribution in [3.05, 3.63) is 81.3 Å². The van der Waals surface area contributed by atoms with Crippen LogP contribution in [0.25, 0.3) is 0 Å². The van der Waals surface area contributed by atoms with Crippen LogP contribution in [0.2, 0.25) is 5.02 Å². The lowest BCUT2D eigenvalue weighted by Crippen LogP contribution is -2.48. The minimum Gasteiger partial charge on any atom is -0.488 e. The Labute approximate surface area is 226 Å². The molecule has 1 aromatic heterocycles. The van der Waals surface area contributed by atoms with Gasteiger partial charge in [0.1, 0.15) is 6.61 Å². The van der Waals surface area contributed by atoms with E-state index >= 15 is 0 Å². The molecule has 0 N–H and O–H groups in total. The van der Waals surface area contributed by atoms with Crippen LogP contribution in [0.1, 0.15) is 36.8 Å². The average molecular weight is 565 g/mol. The Morgan fingerprint density at radius 2 is 1.95 bits per heavy atom. The molecule has 37 heavy (non-hydrogen) atoms. The largest absolute Gasteiger partial charge is 0.488 e. The van der Waals surface area contributed by atoms with Gasteiger partial charge in [0.2, 0.25) is 15.9 Å². The Hall–Kier alpha value is -2.46. The van der Waals surface area contributed by atoms with Crippen molar-refractivity contribution in [1.29, 1.82) is 0 Å². The Morgan fingerprint density at radius 3 is 2.65 bits per heavy atom. The van der Waals surface area contributed by atoms with Crippen LogP contribution in [0.4, 0.5) is 4.39 Å². The third kappa shape index (κ3) is 6.34. The van der Waals surface area contributed by atoms with E-state index in [0.717, 1.165) is 16.9 Å². The van der Waals surface area contributed by atoms with Gasteiger partial charge in [-0.05, 0) is 65.7 Å². The first kappa shape index (κ1) is 27.6. The Kier molecular flexibility index (Phi) is 8.90. The summed E-state index contributed by atoms with van der Waals surface area (Å²) in [5.41, 5.74) is 0.954. The minimum atomic E-state index is -3.94. The van der Waals surface area contributed by atoms with E-state index in [1.165, 1.54) is 34.6 Å². The van der Waals surface area contributed by atoms with Crippen LogP contribution < -0.4 is 4.74 Å². The van der Waals surface area contributed by atoms with Crippen molar-refractivity contribution in [3.8, 4) is 5.75 Å². The molecule has 6 nitrogen and oxygen atoms in total. The van der Waals surface area contributed by atoms with Crippen LogP contribution in [0.3, 0.4) is 0 Å². The van der Waals surface area contributed by atoms with Crippen molar-refractivity contribution >= 4 is 38.9 Å². The van der Waals surface area contributed by atoms with Crippen molar-refractivity contribution in [2.24, 2.45) is 5.92 Å². The number of benzene rings is 2. The van der Waals surface area contributed by atoms with E-state index in [1.54, 1.807) is 34.4 Å². The second-order valence-corrected chi connectivity index (χ2v) is 12.5. The highest BCUT2D eigenvalue weighted by molar-refractivity contribution is 7.89. The van der Waals surface area contributed by atoms with Crippen LogP contribution in [0.15, 0.2) is 64.9 Å². The maximum atomic E-state index is 14.2. The summed E-state index contributed by atoms with van der Waals surface area (Å²) in [5.74, 6) is -0.629. The van der Waals surface area contributed by atoms with Crippen LogP contribution >= 0.6 is 22.9 Å². The number of nitrogens with zero attached hydrogens (tertiary/aromatic N) is 2. The lowest BCUT2D eigenvalue weighted by Gasteiger charge is -2.37. The summed E-state index contributed by atoms with van der Waals surface area (Å²) in [6.07, 6.45) is 1.44. The molecule has 4 rings (SSSR count). The molecule has 198 valence electrons. The Balaban J connectivity index is 1.59. The number of rotatable bonds is 10. The molecule has 10 heteroatoms. The monoisotopic (exact) mass is 564 g/mol. The number of ether oxygens (including phenoxy) is 1.